The van der Waals surface area contributed by atoms with Crippen LogP contribution in [0, 0.1) is 11.8 Å². The molecule has 3 N–H and O–H groups in total. The van der Waals surface area contributed by atoms with E-state index in [4.69, 9.17) is 4.74 Å². The Morgan fingerprint density at radius 3 is 2.53 bits per heavy atom. The lowest BCUT2D eigenvalue weighted by Gasteiger charge is -2.47. The lowest BCUT2D eigenvalue weighted by atomic mass is 9.72. The van der Waals surface area contributed by atoms with E-state index in [1.54, 1.807) is 11.8 Å². The Bertz CT molecular complexity index is 832. The molecular weight excluding hydrogens is 474 g/mol. The molecule has 1 saturated carbocycles. The van der Waals surface area contributed by atoms with Gasteiger partial charge in [0, 0.05) is 24.4 Å². The van der Waals surface area contributed by atoms with E-state index >= 15 is 0 Å². The van der Waals surface area contributed by atoms with Gasteiger partial charge in [-0.15, -0.1) is 0 Å². The third kappa shape index (κ3) is 8.96. The summed E-state index contributed by atoms with van der Waals surface area (Å²) >= 11 is 1.61. The van der Waals surface area contributed by atoms with Gasteiger partial charge in [-0.2, -0.15) is 11.8 Å². The van der Waals surface area contributed by atoms with Gasteiger partial charge in [-0.1, -0.05) is 49.6 Å². The molecular formula is C28H45N3O4S. The fraction of sp³-hybridized carbons (Fsp3) is 0.714. The zero-order valence-corrected chi connectivity index (χ0v) is 23.2. The van der Waals surface area contributed by atoms with Crippen LogP contribution >= 0.6 is 11.8 Å². The molecule has 5 atom stereocenters. The van der Waals surface area contributed by atoms with E-state index in [2.05, 4.69) is 15.5 Å². The van der Waals surface area contributed by atoms with Crippen LogP contribution in [-0.2, 0) is 16.0 Å². The number of nitrogens with zero attached hydrogens (tertiary/aromatic N) is 1. The van der Waals surface area contributed by atoms with Crippen LogP contribution in [0.2, 0.25) is 0 Å². The number of carbonyl (C=O) groups excluding carboxylic acids is 2. The largest absolute Gasteiger partial charge is 0.449 e. The van der Waals surface area contributed by atoms with Crippen LogP contribution in [0.3, 0.4) is 0 Å². The first-order valence-electron chi connectivity index (χ1n) is 13.4. The first kappa shape index (κ1) is 28.8. The van der Waals surface area contributed by atoms with E-state index in [0.717, 1.165) is 24.3 Å². The highest BCUT2D eigenvalue weighted by Gasteiger charge is 2.41. The third-order valence-corrected chi connectivity index (χ3v) is 7.89. The number of rotatable bonds is 10. The highest BCUT2D eigenvalue weighted by atomic mass is 32.2. The maximum atomic E-state index is 13.3. The predicted octanol–water partition coefficient (Wildman–Crippen LogP) is 3.84. The average Bonchev–Trinajstić information content (AvgIpc) is 2.83. The smallest absolute Gasteiger partial charge is 0.407 e. The summed E-state index contributed by atoms with van der Waals surface area (Å²) in [7, 11) is 0. The molecule has 0 aromatic heterocycles. The number of hydrogen-bond donors (Lipinski definition) is 3. The second kappa shape index (κ2) is 13.7. The van der Waals surface area contributed by atoms with Gasteiger partial charge < -0.3 is 20.5 Å². The molecule has 3 rings (SSSR count). The lowest BCUT2D eigenvalue weighted by molar-refractivity contribution is -0.132. The van der Waals surface area contributed by atoms with Gasteiger partial charge in [-0.3, -0.25) is 9.69 Å². The Labute approximate surface area is 221 Å². The number of ether oxygens (including phenoxy) is 1. The van der Waals surface area contributed by atoms with Crippen LogP contribution in [0.25, 0.3) is 0 Å². The van der Waals surface area contributed by atoms with Crippen LogP contribution in [0.1, 0.15) is 58.4 Å². The minimum absolute atomic E-state index is 0.0303. The number of benzene rings is 1. The summed E-state index contributed by atoms with van der Waals surface area (Å²) in [6.07, 6.45) is 6.74. The normalized spacial score (nSPS) is 24.3. The van der Waals surface area contributed by atoms with Gasteiger partial charge in [0.25, 0.3) is 0 Å². The number of aliphatic hydroxyl groups excluding tert-OH is 1. The van der Waals surface area contributed by atoms with E-state index in [9.17, 15) is 14.7 Å². The molecule has 36 heavy (non-hydrogen) atoms. The van der Waals surface area contributed by atoms with Gasteiger partial charge in [0.15, 0.2) is 0 Å². The Hall–Kier alpha value is -1.77. The molecule has 0 spiro atoms. The molecule has 1 saturated heterocycles. The van der Waals surface area contributed by atoms with Crippen molar-refractivity contribution in [2.75, 3.05) is 31.7 Å². The fourth-order valence-electron chi connectivity index (χ4n) is 5.56. The van der Waals surface area contributed by atoms with Gasteiger partial charge in [0.1, 0.15) is 6.61 Å². The van der Waals surface area contributed by atoms with Crippen molar-refractivity contribution in [3.05, 3.63) is 35.9 Å². The van der Waals surface area contributed by atoms with Crippen molar-refractivity contribution in [1.29, 1.82) is 0 Å². The van der Waals surface area contributed by atoms with E-state index in [-0.39, 0.29) is 17.5 Å². The van der Waals surface area contributed by atoms with Crippen LogP contribution in [0.5, 0.6) is 0 Å². The molecule has 0 unspecified atom stereocenters. The third-order valence-electron chi connectivity index (χ3n) is 7.31. The molecule has 8 heteroatoms. The molecule has 1 aromatic rings. The molecule has 1 heterocycles. The Morgan fingerprint density at radius 2 is 1.86 bits per heavy atom. The molecule has 1 aromatic carbocycles. The monoisotopic (exact) mass is 519 g/mol. The number of nitrogens with one attached hydrogen (secondary N) is 2. The standard InChI is InChI=1S/C28H45N3O4S/c1-28(2,3)30-26(33)24-17-21-12-8-9-13-22(21)18-31(24)19-25(32)23(16-20-10-6-5-7-11-20)29-27(34)35-14-15-36-4/h5-7,10-11,21-25,32H,8-9,12-19H2,1-4H3,(H,29,34)(H,30,33)/t21-,22+,23-,24-,25+/m0/s1. The maximum Gasteiger partial charge on any atom is 0.407 e. The van der Waals surface area contributed by atoms with Crippen molar-refractivity contribution in [1.82, 2.24) is 15.5 Å². The summed E-state index contributed by atoms with van der Waals surface area (Å²) in [6, 6.07) is 9.05. The van der Waals surface area contributed by atoms with E-state index in [0.29, 0.717) is 31.4 Å². The zero-order chi connectivity index (χ0) is 26.1. The minimum atomic E-state index is -0.844. The van der Waals surface area contributed by atoms with Crippen LogP contribution in [0.15, 0.2) is 30.3 Å². The van der Waals surface area contributed by atoms with Crippen LogP contribution in [-0.4, -0.2) is 77.4 Å². The number of thioether (sulfide) groups is 1. The molecule has 202 valence electrons. The average molecular weight is 520 g/mol. The maximum absolute atomic E-state index is 13.3. The van der Waals surface area contributed by atoms with Crippen molar-refractivity contribution in [3.8, 4) is 0 Å². The number of piperidine rings is 1. The summed E-state index contributed by atoms with van der Waals surface area (Å²) in [5.74, 6) is 1.87. The number of amides is 2. The number of aliphatic hydroxyl groups is 1. The SMILES string of the molecule is CSCCOC(=O)N[C@@H](Cc1ccccc1)[C@H](O)CN1C[C@H]2CCCC[C@H]2C[C@H]1C(=O)NC(C)(C)C. The highest BCUT2D eigenvalue weighted by molar-refractivity contribution is 7.98. The first-order valence-corrected chi connectivity index (χ1v) is 14.8. The van der Waals surface area contributed by atoms with Gasteiger partial charge >= 0.3 is 6.09 Å². The molecule has 2 aliphatic rings. The second-order valence-electron chi connectivity index (χ2n) is 11.4. The summed E-state index contributed by atoms with van der Waals surface area (Å²) < 4.78 is 5.32. The van der Waals surface area contributed by atoms with Crippen molar-refractivity contribution in [2.45, 2.75) is 83.0 Å². The van der Waals surface area contributed by atoms with E-state index in [1.807, 2.05) is 57.4 Å². The highest BCUT2D eigenvalue weighted by Crippen LogP contribution is 2.39. The summed E-state index contributed by atoms with van der Waals surface area (Å²) in [4.78, 5) is 28.0. The molecule has 0 bridgehead atoms. The predicted molar refractivity (Wildman–Crippen MR) is 146 cm³/mol. The number of fused-ring (bicyclic) bond motifs is 1. The Balaban J connectivity index is 1.74. The first-order chi connectivity index (χ1) is 17.2. The van der Waals surface area contributed by atoms with E-state index in [1.165, 1.54) is 25.7 Å². The number of carbonyl (C=O) groups is 2. The van der Waals surface area contributed by atoms with Crippen molar-refractivity contribution < 1.29 is 19.4 Å². The van der Waals surface area contributed by atoms with Gasteiger partial charge in [-0.05, 0) is 63.7 Å². The molecule has 0 radical (unpaired) electrons. The topological polar surface area (TPSA) is 90.9 Å². The zero-order valence-electron chi connectivity index (χ0n) is 22.4. The number of alkyl carbamates (subject to hydrolysis) is 1. The molecule has 7 nitrogen and oxygen atoms in total. The summed E-state index contributed by atoms with van der Waals surface area (Å²) in [5, 5.41) is 17.5. The molecule has 1 aliphatic heterocycles. The van der Waals surface area contributed by atoms with Gasteiger partial charge in [0.05, 0.1) is 18.2 Å². The lowest BCUT2D eigenvalue weighted by Crippen LogP contribution is -2.60. The van der Waals surface area contributed by atoms with Crippen LogP contribution in [0.4, 0.5) is 4.79 Å². The van der Waals surface area contributed by atoms with Crippen molar-refractivity contribution >= 4 is 23.8 Å². The molecule has 2 amide bonds. The number of β-amino-alcohol motifs (C(OH)–C–C–N with tert-alkyl or cyclic N) is 1. The van der Waals surface area contributed by atoms with Gasteiger partial charge in [-0.25, -0.2) is 4.79 Å². The van der Waals surface area contributed by atoms with Crippen LogP contribution < -0.4 is 10.6 Å². The fourth-order valence-corrected chi connectivity index (χ4v) is 5.81. The van der Waals surface area contributed by atoms with E-state index < -0.39 is 18.2 Å². The summed E-state index contributed by atoms with van der Waals surface area (Å²) in [5.41, 5.74) is 0.710. The van der Waals surface area contributed by atoms with Crippen molar-refractivity contribution in [2.24, 2.45) is 11.8 Å². The van der Waals surface area contributed by atoms with Gasteiger partial charge in [0.2, 0.25) is 5.91 Å². The summed E-state index contributed by atoms with van der Waals surface area (Å²) in [6.45, 7) is 7.45. The Kier molecular flexibility index (Phi) is 10.9. The number of hydrogen-bond acceptors (Lipinski definition) is 6. The van der Waals surface area contributed by atoms with Crippen molar-refractivity contribution in [3.63, 3.8) is 0 Å². The molecule has 2 fully saturated rings. The minimum Gasteiger partial charge on any atom is -0.449 e. The molecule has 1 aliphatic carbocycles. The number of likely N-dealkylation sites (tertiary alicyclic amines) is 1. The quantitative estimate of drug-likeness (QED) is 0.407. The Morgan fingerprint density at radius 1 is 1.17 bits per heavy atom. The second-order valence-corrected chi connectivity index (χ2v) is 12.4.